The van der Waals surface area contributed by atoms with Gasteiger partial charge in [-0.1, -0.05) is 0 Å². The van der Waals surface area contributed by atoms with E-state index in [1.54, 1.807) is 0 Å². The van der Waals surface area contributed by atoms with Gasteiger partial charge in [0.15, 0.2) is 0 Å². The molecule has 1 saturated heterocycles. The van der Waals surface area contributed by atoms with Crippen molar-refractivity contribution in [2.45, 2.75) is 44.2 Å². The summed E-state index contributed by atoms with van der Waals surface area (Å²) in [6, 6.07) is 4.40. The fraction of sp³-hybridized carbons (Fsp3) is 0.647. The number of carbonyl (C=O) groups is 1. The molecule has 5 unspecified atom stereocenters. The highest BCUT2D eigenvalue weighted by Crippen LogP contribution is 2.49. The second-order valence-corrected chi connectivity index (χ2v) is 6.91. The van der Waals surface area contributed by atoms with Gasteiger partial charge < -0.3 is 10.6 Å². The molecule has 112 valence electrons. The molecular formula is C17H23N3O. The Morgan fingerprint density at radius 1 is 1.19 bits per heavy atom. The Balaban J connectivity index is 1.56. The van der Waals surface area contributed by atoms with Crippen molar-refractivity contribution < 1.29 is 4.79 Å². The zero-order valence-corrected chi connectivity index (χ0v) is 12.3. The Kier molecular flexibility index (Phi) is 3.21. The molecule has 1 aromatic heterocycles. The van der Waals surface area contributed by atoms with E-state index in [4.69, 9.17) is 5.73 Å². The maximum Gasteiger partial charge on any atom is 0.228 e. The van der Waals surface area contributed by atoms with E-state index in [2.05, 4.69) is 9.88 Å². The molecule has 3 fully saturated rings. The van der Waals surface area contributed by atoms with Crippen molar-refractivity contribution in [1.82, 2.24) is 9.88 Å². The molecule has 0 radical (unpaired) electrons. The van der Waals surface area contributed by atoms with E-state index in [1.165, 1.54) is 24.8 Å². The van der Waals surface area contributed by atoms with Crippen LogP contribution in [-0.2, 0) is 4.79 Å². The van der Waals surface area contributed by atoms with Gasteiger partial charge in [-0.05, 0) is 61.6 Å². The fourth-order valence-electron chi connectivity index (χ4n) is 4.86. The largest absolute Gasteiger partial charge is 0.335 e. The first-order chi connectivity index (χ1) is 10.3. The lowest BCUT2D eigenvalue weighted by Gasteiger charge is -2.33. The third-order valence-corrected chi connectivity index (χ3v) is 5.89. The number of aromatic nitrogens is 1. The molecular weight excluding hydrogens is 262 g/mol. The molecule has 3 aliphatic rings. The SMILES string of the molecule is NC1C2CCC(C2)C1C(=O)N1CCCC1c1ccncc1. The molecule has 0 aromatic carbocycles. The van der Waals surface area contributed by atoms with Gasteiger partial charge in [0.2, 0.25) is 5.91 Å². The van der Waals surface area contributed by atoms with Crippen LogP contribution in [0.3, 0.4) is 0 Å². The number of hydrogen-bond acceptors (Lipinski definition) is 3. The molecule has 21 heavy (non-hydrogen) atoms. The Labute approximate surface area is 125 Å². The van der Waals surface area contributed by atoms with Gasteiger partial charge in [0, 0.05) is 25.0 Å². The minimum absolute atomic E-state index is 0.0752. The monoisotopic (exact) mass is 285 g/mol. The maximum atomic E-state index is 13.1. The van der Waals surface area contributed by atoms with Crippen LogP contribution in [0.2, 0.25) is 0 Å². The minimum atomic E-state index is 0.0752. The van der Waals surface area contributed by atoms with Gasteiger partial charge in [-0.3, -0.25) is 9.78 Å². The number of hydrogen-bond donors (Lipinski definition) is 1. The van der Waals surface area contributed by atoms with E-state index in [9.17, 15) is 4.79 Å². The molecule has 1 amide bonds. The second-order valence-electron chi connectivity index (χ2n) is 6.91. The Morgan fingerprint density at radius 2 is 1.95 bits per heavy atom. The summed E-state index contributed by atoms with van der Waals surface area (Å²) in [7, 11) is 0. The lowest BCUT2D eigenvalue weighted by molar-refractivity contribution is -0.138. The minimum Gasteiger partial charge on any atom is -0.335 e. The number of carbonyl (C=O) groups excluding carboxylic acids is 1. The molecule has 1 aliphatic heterocycles. The molecule has 4 heteroatoms. The molecule has 2 aliphatic carbocycles. The van der Waals surface area contributed by atoms with Crippen LogP contribution in [0.25, 0.3) is 0 Å². The fourth-order valence-corrected chi connectivity index (χ4v) is 4.86. The van der Waals surface area contributed by atoms with E-state index < -0.39 is 0 Å². The van der Waals surface area contributed by atoms with E-state index >= 15 is 0 Å². The van der Waals surface area contributed by atoms with Gasteiger partial charge in [0.1, 0.15) is 0 Å². The van der Waals surface area contributed by atoms with Crippen LogP contribution in [0.5, 0.6) is 0 Å². The first-order valence-electron chi connectivity index (χ1n) is 8.21. The van der Waals surface area contributed by atoms with Crippen molar-refractivity contribution in [3.05, 3.63) is 30.1 Å². The number of pyridine rings is 1. The summed E-state index contributed by atoms with van der Waals surface area (Å²) >= 11 is 0. The first-order valence-corrected chi connectivity index (χ1v) is 8.21. The molecule has 5 atom stereocenters. The third-order valence-electron chi connectivity index (χ3n) is 5.89. The van der Waals surface area contributed by atoms with Gasteiger partial charge in [0.25, 0.3) is 0 Å². The third kappa shape index (κ3) is 2.08. The highest BCUT2D eigenvalue weighted by molar-refractivity contribution is 5.81. The molecule has 4 rings (SSSR count). The molecule has 0 spiro atoms. The summed E-state index contributed by atoms with van der Waals surface area (Å²) in [5, 5.41) is 0. The summed E-state index contributed by atoms with van der Waals surface area (Å²) in [5.41, 5.74) is 7.57. The number of amides is 1. The Hall–Kier alpha value is -1.42. The summed E-state index contributed by atoms with van der Waals surface area (Å²) in [6.45, 7) is 0.881. The summed E-state index contributed by atoms with van der Waals surface area (Å²) < 4.78 is 0. The number of likely N-dealkylation sites (tertiary alicyclic amines) is 1. The molecule has 2 saturated carbocycles. The van der Waals surface area contributed by atoms with Crippen molar-refractivity contribution in [3.8, 4) is 0 Å². The Morgan fingerprint density at radius 3 is 2.67 bits per heavy atom. The van der Waals surface area contributed by atoms with E-state index in [0.29, 0.717) is 17.7 Å². The number of nitrogens with two attached hydrogens (primary N) is 1. The second kappa shape index (κ2) is 5.09. The standard InChI is InChI=1S/C17H23N3O/c18-16-13-4-3-12(10-13)15(16)17(21)20-9-1-2-14(20)11-5-7-19-8-6-11/h5-8,12-16H,1-4,9-10,18H2. The van der Waals surface area contributed by atoms with E-state index in [0.717, 1.165) is 19.4 Å². The lowest BCUT2D eigenvalue weighted by Crippen LogP contribution is -2.46. The van der Waals surface area contributed by atoms with Crippen LogP contribution in [0.15, 0.2) is 24.5 Å². The van der Waals surface area contributed by atoms with Crippen molar-refractivity contribution in [3.63, 3.8) is 0 Å². The van der Waals surface area contributed by atoms with Crippen LogP contribution in [0.1, 0.15) is 43.7 Å². The highest BCUT2D eigenvalue weighted by Gasteiger charge is 2.51. The first kappa shape index (κ1) is 13.3. The normalized spacial score (nSPS) is 38.1. The van der Waals surface area contributed by atoms with Gasteiger partial charge in [-0.2, -0.15) is 0 Å². The average molecular weight is 285 g/mol. The summed E-state index contributed by atoms with van der Waals surface area (Å²) in [6.07, 6.45) is 9.39. The number of nitrogens with zero attached hydrogens (tertiary/aromatic N) is 2. The smallest absolute Gasteiger partial charge is 0.228 e. The zero-order chi connectivity index (χ0) is 14.4. The van der Waals surface area contributed by atoms with Gasteiger partial charge >= 0.3 is 0 Å². The number of rotatable bonds is 2. The van der Waals surface area contributed by atoms with Crippen molar-refractivity contribution in [2.24, 2.45) is 23.5 Å². The number of fused-ring (bicyclic) bond motifs is 2. The molecule has 2 bridgehead atoms. The van der Waals surface area contributed by atoms with Crippen LogP contribution in [-0.4, -0.2) is 28.4 Å². The van der Waals surface area contributed by atoms with E-state index in [-0.39, 0.29) is 18.0 Å². The summed E-state index contributed by atoms with van der Waals surface area (Å²) in [5.74, 6) is 1.52. The predicted octanol–water partition coefficient (Wildman–Crippen LogP) is 2.12. The van der Waals surface area contributed by atoms with Gasteiger partial charge in [0.05, 0.1) is 12.0 Å². The predicted molar refractivity (Wildman–Crippen MR) is 80.2 cm³/mol. The van der Waals surface area contributed by atoms with Crippen molar-refractivity contribution in [1.29, 1.82) is 0 Å². The maximum absolute atomic E-state index is 13.1. The topological polar surface area (TPSA) is 59.2 Å². The van der Waals surface area contributed by atoms with Crippen LogP contribution in [0.4, 0.5) is 0 Å². The Bertz CT molecular complexity index is 530. The van der Waals surface area contributed by atoms with Gasteiger partial charge in [-0.25, -0.2) is 0 Å². The van der Waals surface area contributed by atoms with Crippen LogP contribution < -0.4 is 5.73 Å². The molecule has 2 N–H and O–H groups in total. The summed E-state index contributed by atoms with van der Waals surface area (Å²) in [4.78, 5) is 19.2. The van der Waals surface area contributed by atoms with Crippen molar-refractivity contribution in [2.75, 3.05) is 6.54 Å². The molecule has 4 nitrogen and oxygen atoms in total. The van der Waals surface area contributed by atoms with Crippen molar-refractivity contribution >= 4 is 5.91 Å². The molecule has 1 aromatic rings. The van der Waals surface area contributed by atoms with Crippen LogP contribution >= 0.6 is 0 Å². The zero-order valence-electron chi connectivity index (χ0n) is 12.3. The lowest BCUT2D eigenvalue weighted by atomic mass is 9.83. The average Bonchev–Trinajstić information content (AvgIpc) is 3.23. The van der Waals surface area contributed by atoms with E-state index in [1.807, 2.05) is 24.5 Å². The highest BCUT2D eigenvalue weighted by atomic mass is 16.2. The van der Waals surface area contributed by atoms with Crippen LogP contribution in [0, 0.1) is 17.8 Å². The molecule has 2 heterocycles. The quantitative estimate of drug-likeness (QED) is 0.905. The van der Waals surface area contributed by atoms with Gasteiger partial charge in [-0.15, -0.1) is 0 Å².